The van der Waals surface area contributed by atoms with Crippen LogP contribution in [0.4, 0.5) is 0 Å². The molecule has 0 bridgehead atoms. The summed E-state index contributed by atoms with van der Waals surface area (Å²) >= 11 is 8.22. The Morgan fingerprint density at radius 1 is 1.43 bits per heavy atom. The first-order valence-corrected chi connectivity index (χ1v) is 5.95. The predicted molar refractivity (Wildman–Crippen MR) is 68.7 cm³/mol. The molecule has 0 fully saturated rings. The van der Waals surface area contributed by atoms with Gasteiger partial charge in [-0.2, -0.15) is 0 Å². The summed E-state index contributed by atoms with van der Waals surface area (Å²) in [6.45, 7) is 4.28. The van der Waals surface area contributed by atoms with Gasteiger partial charge in [-0.25, -0.2) is 0 Å². The van der Waals surface area contributed by atoms with Gasteiger partial charge in [0.1, 0.15) is 0 Å². The second kappa shape index (κ2) is 4.81. The van der Waals surface area contributed by atoms with E-state index in [2.05, 4.69) is 22.6 Å². The van der Waals surface area contributed by atoms with Gasteiger partial charge in [0.05, 0.1) is 0 Å². The number of rotatable bonds is 3. The summed E-state index contributed by atoms with van der Waals surface area (Å²) in [5.41, 5.74) is 1.13. The van der Waals surface area contributed by atoms with E-state index < -0.39 is 0 Å². The lowest BCUT2D eigenvalue weighted by atomic mass is 9.87. The summed E-state index contributed by atoms with van der Waals surface area (Å²) in [5, 5.41) is 9.94. The molecule has 1 N–H and O–H groups in total. The summed E-state index contributed by atoms with van der Waals surface area (Å²) in [4.78, 5) is 0. The van der Waals surface area contributed by atoms with E-state index in [0.717, 1.165) is 11.4 Å². The maximum absolute atomic E-state index is 9.18. The molecule has 1 aromatic carbocycles. The average Bonchev–Trinajstić information content (AvgIpc) is 2.11. The Morgan fingerprint density at radius 3 is 2.64 bits per heavy atom. The largest absolute Gasteiger partial charge is 0.396 e. The average molecular weight is 325 g/mol. The first kappa shape index (κ1) is 12.3. The maximum Gasteiger partial charge on any atom is 0.0485 e. The molecule has 0 aromatic heterocycles. The molecular weight excluding hydrogens is 310 g/mol. The van der Waals surface area contributed by atoms with Gasteiger partial charge in [0, 0.05) is 15.2 Å². The van der Waals surface area contributed by atoms with Gasteiger partial charge in [-0.05, 0) is 58.2 Å². The van der Waals surface area contributed by atoms with Crippen molar-refractivity contribution in [1.82, 2.24) is 0 Å². The van der Waals surface area contributed by atoms with Gasteiger partial charge in [-0.15, -0.1) is 0 Å². The monoisotopic (exact) mass is 324 g/mol. The minimum Gasteiger partial charge on any atom is -0.396 e. The zero-order chi connectivity index (χ0) is 10.8. The van der Waals surface area contributed by atoms with Crippen LogP contribution in [0.2, 0.25) is 5.02 Å². The summed E-state index contributed by atoms with van der Waals surface area (Å²) < 4.78 is 1.20. The number of hydrogen-bond donors (Lipinski definition) is 1. The van der Waals surface area contributed by atoms with E-state index in [9.17, 15) is 5.11 Å². The second-order valence-electron chi connectivity index (χ2n) is 4.23. The number of benzene rings is 1. The molecule has 0 aliphatic rings. The fraction of sp³-hybridized carbons (Fsp3) is 0.455. The molecule has 0 radical (unpaired) electrons. The van der Waals surface area contributed by atoms with Crippen LogP contribution in [0.25, 0.3) is 0 Å². The Morgan fingerprint density at radius 2 is 2.07 bits per heavy atom. The van der Waals surface area contributed by atoms with Crippen molar-refractivity contribution in [3.63, 3.8) is 0 Å². The molecule has 0 aliphatic carbocycles. The normalized spacial score (nSPS) is 11.8. The van der Waals surface area contributed by atoms with Crippen LogP contribution in [0.15, 0.2) is 18.2 Å². The van der Waals surface area contributed by atoms with Crippen molar-refractivity contribution < 1.29 is 5.11 Å². The molecule has 0 spiro atoms. The van der Waals surface area contributed by atoms with Crippen LogP contribution in [-0.4, -0.2) is 11.7 Å². The van der Waals surface area contributed by atoms with Crippen molar-refractivity contribution in [3.05, 3.63) is 32.4 Å². The second-order valence-corrected chi connectivity index (χ2v) is 5.83. The van der Waals surface area contributed by atoms with Crippen LogP contribution >= 0.6 is 34.2 Å². The zero-order valence-corrected chi connectivity index (χ0v) is 11.3. The minimum absolute atomic E-state index is 0.0788. The summed E-state index contributed by atoms with van der Waals surface area (Å²) in [6, 6.07) is 5.87. The Labute approximate surface area is 104 Å². The third kappa shape index (κ3) is 3.41. The van der Waals surface area contributed by atoms with E-state index in [4.69, 9.17) is 11.6 Å². The highest BCUT2D eigenvalue weighted by atomic mass is 127. The zero-order valence-electron chi connectivity index (χ0n) is 8.35. The highest BCUT2D eigenvalue weighted by Crippen LogP contribution is 2.26. The van der Waals surface area contributed by atoms with Crippen LogP contribution < -0.4 is 0 Å². The highest BCUT2D eigenvalue weighted by Gasteiger charge is 2.18. The number of halogens is 2. The molecule has 0 saturated heterocycles. The fourth-order valence-corrected chi connectivity index (χ4v) is 1.97. The number of hydrogen-bond acceptors (Lipinski definition) is 1. The van der Waals surface area contributed by atoms with Crippen LogP contribution in [0, 0.1) is 8.99 Å². The molecule has 0 heterocycles. The quantitative estimate of drug-likeness (QED) is 0.844. The molecule has 1 rings (SSSR count). The molecule has 3 heteroatoms. The van der Waals surface area contributed by atoms with Crippen LogP contribution in [0.1, 0.15) is 19.4 Å². The molecule has 0 amide bonds. The van der Waals surface area contributed by atoms with E-state index >= 15 is 0 Å². The Hall–Kier alpha value is 0.200. The van der Waals surface area contributed by atoms with Crippen LogP contribution in [0.5, 0.6) is 0 Å². The van der Waals surface area contributed by atoms with Crippen molar-refractivity contribution in [2.75, 3.05) is 6.61 Å². The maximum atomic E-state index is 9.18. The van der Waals surface area contributed by atoms with Crippen molar-refractivity contribution in [2.45, 2.75) is 20.3 Å². The van der Waals surface area contributed by atoms with E-state index in [1.54, 1.807) is 0 Å². The minimum atomic E-state index is -0.0788. The van der Waals surface area contributed by atoms with Crippen LogP contribution in [0.3, 0.4) is 0 Å². The summed E-state index contributed by atoms with van der Waals surface area (Å²) in [5.74, 6) is 0. The summed E-state index contributed by atoms with van der Waals surface area (Å²) in [7, 11) is 0. The number of aliphatic hydroxyl groups excluding tert-OH is 1. The lowest BCUT2D eigenvalue weighted by Crippen LogP contribution is -2.20. The Balaban J connectivity index is 2.91. The highest BCUT2D eigenvalue weighted by molar-refractivity contribution is 14.1. The third-order valence-electron chi connectivity index (χ3n) is 2.10. The topological polar surface area (TPSA) is 20.2 Å². The molecular formula is C11H14ClIO. The first-order valence-electron chi connectivity index (χ1n) is 4.49. The molecule has 1 nitrogen and oxygen atoms in total. The SMILES string of the molecule is CC(C)(CO)Cc1cc(Cl)ccc1I. The predicted octanol–water partition coefficient (Wildman–Crippen LogP) is 3.51. The van der Waals surface area contributed by atoms with Crippen molar-refractivity contribution >= 4 is 34.2 Å². The molecule has 0 aliphatic heterocycles. The third-order valence-corrected chi connectivity index (χ3v) is 3.39. The van der Waals surface area contributed by atoms with Crippen molar-refractivity contribution in [3.8, 4) is 0 Å². The first-order chi connectivity index (χ1) is 6.44. The van der Waals surface area contributed by atoms with Gasteiger partial charge in [-0.3, -0.25) is 0 Å². The van der Waals surface area contributed by atoms with E-state index in [1.807, 2.05) is 32.0 Å². The summed E-state index contributed by atoms with van der Waals surface area (Å²) in [6.07, 6.45) is 0.850. The van der Waals surface area contributed by atoms with Gasteiger partial charge in [0.25, 0.3) is 0 Å². The fourth-order valence-electron chi connectivity index (χ4n) is 1.25. The molecule has 0 unspecified atom stereocenters. The molecule has 78 valence electrons. The molecule has 0 saturated carbocycles. The molecule has 1 aromatic rings. The molecule has 0 atom stereocenters. The smallest absolute Gasteiger partial charge is 0.0485 e. The van der Waals surface area contributed by atoms with Gasteiger partial charge in [0.2, 0.25) is 0 Å². The van der Waals surface area contributed by atoms with E-state index in [1.165, 1.54) is 9.13 Å². The van der Waals surface area contributed by atoms with Gasteiger partial charge in [0.15, 0.2) is 0 Å². The van der Waals surface area contributed by atoms with Gasteiger partial charge < -0.3 is 5.11 Å². The lowest BCUT2D eigenvalue weighted by molar-refractivity contribution is 0.159. The van der Waals surface area contributed by atoms with Crippen LogP contribution in [-0.2, 0) is 6.42 Å². The standard InChI is InChI=1S/C11H14ClIO/c1-11(2,7-14)6-8-5-9(12)3-4-10(8)13/h3-5,14H,6-7H2,1-2H3. The lowest BCUT2D eigenvalue weighted by Gasteiger charge is -2.22. The van der Waals surface area contributed by atoms with Crippen molar-refractivity contribution in [1.29, 1.82) is 0 Å². The van der Waals surface area contributed by atoms with Gasteiger partial charge in [-0.1, -0.05) is 25.4 Å². The van der Waals surface area contributed by atoms with E-state index in [0.29, 0.717) is 0 Å². The Kier molecular flexibility index (Phi) is 4.22. The van der Waals surface area contributed by atoms with Gasteiger partial charge >= 0.3 is 0 Å². The number of aliphatic hydroxyl groups is 1. The van der Waals surface area contributed by atoms with Crippen molar-refractivity contribution in [2.24, 2.45) is 5.41 Å². The molecule has 14 heavy (non-hydrogen) atoms. The van der Waals surface area contributed by atoms with E-state index in [-0.39, 0.29) is 12.0 Å². The Bertz CT molecular complexity index is 323.